The molecule has 0 aromatic rings. The van der Waals surface area contributed by atoms with Gasteiger partial charge in [0.1, 0.15) is 11.1 Å². The fraction of sp³-hybridized carbons (Fsp3) is 0.897. The summed E-state index contributed by atoms with van der Waals surface area (Å²) in [5.74, 6) is -1.37. The summed E-state index contributed by atoms with van der Waals surface area (Å²) in [5.41, 5.74) is 23.6. The summed E-state index contributed by atoms with van der Waals surface area (Å²) in [5, 5.41) is 21.8. The standard InChI is InChI=1S/C8H16N2S.C6H16N2.C6H15NO.C5H11NO2.C4H9NO2/c1-7(2)8(3,4)10-6(9-7)11-5;2*1-5(2,7)6(3,4)8;1-5(2,6)4(7)8-3;1-4(2,5)3(6)7/h1-5H3,(H,9,10);7-8H2,1-4H3;8H,7H2,1-4H3;6H2,1-3H3;5H2,1-2H3,(H,6,7). The van der Waals surface area contributed by atoms with E-state index in [0.29, 0.717) is 0 Å². The number of ether oxygens (including phenoxy) is 1. The van der Waals surface area contributed by atoms with Gasteiger partial charge in [0.15, 0.2) is 5.17 Å². The third kappa shape index (κ3) is 20.4. The predicted molar refractivity (Wildman–Crippen MR) is 180 cm³/mol. The van der Waals surface area contributed by atoms with E-state index < -0.39 is 34.2 Å². The lowest BCUT2D eigenvalue weighted by molar-refractivity contribution is -0.145. The van der Waals surface area contributed by atoms with Gasteiger partial charge in [-0.05, 0) is 117 Å². The summed E-state index contributed by atoms with van der Waals surface area (Å²) in [4.78, 5) is 24.9. The molecule has 12 nitrogen and oxygen atoms in total. The molecule has 0 saturated carbocycles. The molecule has 0 atom stereocenters. The van der Waals surface area contributed by atoms with Crippen LogP contribution in [0.2, 0.25) is 0 Å². The molecule has 0 radical (unpaired) electrons. The summed E-state index contributed by atoms with van der Waals surface area (Å²) in [6, 6.07) is 0. The van der Waals surface area contributed by atoms with Crippen LogP contribution in [0, 0.1) is 0 Å². The maximum atomic E-state index is 10.5. The molecular formula is C29H67N7O5S. The SMILES string of the molecule is CC(C)(N)C(=O)O.CC(C)(N)C(C)(C)N.CC(C)(N)C(C)(C)O.COC(=O)C(C)(C)N.CSC1=NC(C)(C)C(C)(C)N1. The van der Waals surface area contributed by atoms with Gasteiger partial charge >= 0.3 is 11.9 Å². The maximum Gasteiger partial charge on any atom is 0.325 e. The zero-order chi connectivity index (χ0) is 35.6. The first-order valence-electron chi connectivity index (χ1n) is 13.7. The van der Waals surface area contributed by atoms with Gasteiger partial charge < -0.3 is 48.9 Å². The lowest BCUT2D eigenvalue weighted by Gasteiger charge is -2.34. The number of aliphatic imine (C=N–C) groups is 1. The van der Waals surface area contributed by atoms with Gasteiger partial charge in [-0.3, -0.25) is 14.6 Å². The van der Waals surface area contributed by atoms with Gasteiger partial charge in [0.2, 0.25) is 0 Å². The van der Waals surface area contributed by atoms with Crippen LogP contribution in [0.1, 0.15) is 111 Å². The number of thioether (sulfide) groups is 1. The van der Waals surface area contributed by atoms with E-state index in [1.807, 2.05) is 34.0 Å². The number of aliphatic hydroxyl groups is 1. The van der Waals surface area contributed by atoms with Gasteiger partial charge in [0.25, 0.3) is 0 Å². The van der Waals surface area contributed by atoms with Crippen molar-refractivity contribution in [2.24, 2.45) is 33.7 Å². The van der Waals surface area contributed by atoms with E-state index in [2.05, 4.69) is 42.7 Å². The molecule has 0 aromatic heterocycles. The van der Waals surface area contributed by atoms with Crippen LogP contribution in [0.25, 0.3) is 0 Å². The van der Waals surface area contributed by atoms with Crippen molar-refractivity contribution in [3.05, 3.63) is 0 Å². The van der Waals surface area contributed by atoms with Crippen LogP contribution in [0.5, 0.6) is 0 Å². The fourth-order valence-electron chi connectivity index (χ4n) is 1.20. The molecule has 42 heavy (non-hydrogen) atoms. The minimum Gasteiger partial charge on any atom is -0.480 e. The minimum absolute atomic E-state index is 0.0192. The lowest BCUT2D eigenvalue weighted by Crippen LogP contribution is -2.58. The molecule has 0 fully saturated rings. The van der Waals surface area contributed by atoms with Gasteiger partial charge in [0.05, 0.1) is 23.8 Å². The molecule has 13 N–H and O–H groups in total. The fourth-order valence-corrected chi connectivity index (χ4v) is 1.88. The van der Waals surface area contributed by atoms with Crippen LogP contribution in [0.4, 0.5) is 0 Å². The average molecular weight is 626 g/mol. The van der Waals surface area contributed by atoms with E-state index in [1.165, 1.54) is 21.0 Å². The summed E-state index contributed by atoms with van der Waals surface area (Å²) in [6.45, 7) is 29.4. The quantitative estimate of drug-likeness (QED) is 0.210. The Kier molecular flexibility index (Phi) is 18.7. The maximum absolute atomic E-state index is 10.5. The first-order chi connectivity index (χ1) is 17.8. The van der Waals surface area contributed by atoms with Crippen LogP contribution >= 0.6 is 11.8 Å². The highest BCUT2D eigenvalue weighted by Gasteiger charge is 2.42. The molecule has 0 aliphatic carbocycles. The first-order valence-corrected chi connectivity index (χ1v) is 14.9. The Bertz CT molecular complexity index is 801. The third-order valence-corrected chi connectivity index (χ3v) is 7.60. The topological polar surface area (TPSA) is 238 Å². The molecule has 0 unspecified atom stereocenters. The van der Waals surface area contributed by atoms with Crippen LogP contribution in [-0.2, 0) is 14.3 Å². The molecule has 1 heterocycles. The van der Waals surface area contributed by atoms with Crippen LogP contribution < -0.4 is 34.0 Å². The molecule has 254 valence electrons. The van der Waals surface area contributed by atoms with Gasteiger partial charge in [-0.25, -0.2) is 0 Å². The molecule has 0 aromatic carbocycles. The summed E-state index contributed by atoms with van der Waals surface area (Å²) in [7, 11) is 1.32. The van der Waals surface area contributed by atoms with Gasteiger partial charge in [-0.15, -0.1) is 0 Å². The highest BCUT2D eigenvalue weighted by molar-refractivity contribution is 8.13. The second kappa shape index (κ2) is 16.6. The van der Waals surface area contributed by atoms with Crippen LogP contribution in [0.15, 0.2) is 4.99 Å². The number of carboxylic acids is 1. The third-order valence-electron chi connectivity index (χ3n) is 7.02. The minimum atomic E-state index is -1.08. The highest BCUT2D eigenvalue weighted by Crippen LogP contribution is 2.31. The van der Waals surface area contributed by atoms with Gasteiger partial charge in [0, 0.05) is 16.6 Å². The van der Waals surface area contributed by atoms with Crippen molar-refractivity contribution in [1.29, 1.82) is 0 Å². The number of carboxylic acid groups (broad SMARTS) is 1. The largest absolute Gasteiger partial charge is 0.480 e. The Labute approximate surface area is 260 Å². The number of rotatable bonds is 4. The van der Waals surface area contributed by atoms with Crippen molar-refractivity contribution in [2.45, 2.75) is 155 Å². The number of methoxy groups -OCH3 is 1. The van der Waals surface area contributed by atoms with Crippen molar-refractivity contribution in [3.63, 3.8) is 0 Å². The monoisotopic (exact) mass is 625 g/mol. The van der Waals surface area contributed by atoms with Gasteiger partial charge in [-0.2, -0.15) is 0 Å². The van der Waals surface area contributed by atoms with E-state index in [-0.39, 0.29) is 22.2 Å². The van der Waals surface area contributed by atoms with E-state index >= 15 is 0 Å². The summed E-state index contributed by atoms with van der Waals surface area (Å²) < 4.78 is 4.35. The molecule has 1 aliphatic rings. The number of carbonyl (C=O) groups is 2. The smallest absolute Gasteiger partial charge is 0.325 e. The normalized spacial score (nSPS) is 16.2. The van der Waals surface area contributed by atoms with Gasteiger partial charge in [-0.1, -0.05) is 11.8 Å². The highest BCUT2D eigenvalue weighted by atomic mass is 32.2. The molecule has 0 spiro atoms. The van der Waals surface area contributed by atoms with E-state index in [9.17, 15) is 14.7 Å². The number of aliphatic carboxylic acids is 1. The zero-order valence-electron chi connectivity index (χ0n) is 29.9. The molecule has 0 bridgehead atoms. The molecule has 13 heteroatoms. The first kappa shape index (κ1) is 47.5. The molecule has 1 rings (SSSR count). The van der Waals surface area contributed by atoms with E-state index in [1.54, 1.807) is 53.3 Å². The van der Waals surface area contributed by atoms with Crippen molar-refractivity contribution in [1.82, 2.24) is 5.32 Å². The number of hydrogen-bond donors (Lipinski definition) is 8. The number of nitrogens with one attached hydrogen (secondary N) is 1. The number of amidine groups is 1. The van der Waals surface area contributed by atoms with Crippen molar-refractivity contribution in [3.8, 4) is 0 Å². The van der Waals surface area contributed by atoms with Crippen LogP contribution in [-0.4, -0.2) is 85.1 Å². The average Bonchev–Trinajstić information content (AvgIpc) is 2.91. The number of hydrogen-bond acceptors (Lipinski definition) is 12. The molecule has 0 saturated heterocycles. The Balaban J connectivity index is -0.000000217. The Hall–Kier alpha value is -1.48. The van der Waals surface area contributed by atoms with E-state index in [0.717, 1.165) is 5.17 Å². The van der Waals surface area contributed by atoms with Crippen molar-refractivity contribution >= 4 is 28.9 Å². The van der Waals surface area contributed by atoms with Crippen molar-refractivity contribution in [2.75, 3.05) is 13.4 Å². The predicted octanol–water partition coefficient (Wildman–Crippen LogP) is 2.53. The number of nitrogens with zero attached hydrogens (tertiary/aromatic N) is 1. The molecule has 1 aliphatic heterocycles. The number of nitrogens with two attached hydrogens (primary N) is 5. The number of esters is 1. The second-order valence-corrected chi connectivity index (χ2v) is 15.7. The number of carbonyl (C=O) groups excluding carboxylic acids is 1. The lowest BCUT2D eigenvalue weighted by atomic mass is 9.85. The molecular weight excluding hydrogens is 558 g/mol. The van der Waals surface area contributed by atoms with Crippen LogP contribution in [0.3, 0.4) is 0 Å². The summed E-state index contributed by atoms with van der Waals surface area (Å²) >= 11 is 1.68. The van der Waals surface area contributed by atoms with Crippen molar-refractivity contribution < 1.29 is 24.5 Å². The summed E-state index contributed by atoms with van der Waals surface area (Å²) in [6.07, 6.45) is 2.04. The zero-order valence-corrected chi connectivity index (χ0v) is 30.7. The Morgan fingerprint density at radius 3 is 1.10 bits per heavy atom. The second-order valence-electron chi connectivity index (χ2n) is 14.9. The van der Waals surface area contributed by atoms with E-state index in [4.69, 9.17) is 33.8 Å². The Morgan fingerprint density at radius 2 is 1.05 bits per heavy atom. The Morgan fingerprint density at radius 1 is 0.762 bits per heavy atom. The molecule has 0 amide bonds.